The van der Waals surface area contributed by atoms with Gasteiger partial charge >= 0.3 is 0 Å². The number of nitrogens with zero attached hydrogens (tertiary/aromatic N) is 1. The van der Waals surface area contributed by atoms with Gasteiger partial charge in [0.2, 0.25) is 5.91 Å². The van der Waals surface area contributed by atoms with Crippen LogP contribution in [0.4, 0.5) is 10.1 Å². The Hall–Kier alpha value is -1.91. The lowest BCUT2D eigenvalue weighted by atomic mass is 9.94. The minimum atomic E-state index is -0.985. The molecule has 1 fully saturated rings. The SMILES string of the molecule is CCC1C(=O)NC(C)(C)C(=O)N1c1cccc(F)c1C. The van der Waals surface area contributed by atoms with E-state index in [2.05, 4.69) is 5.32 Å². The molecule has 1 saturated heterocycles. The van der Waals surface area contributed by atoms with Crippen LogP contribution in [-0.4, -0.2) is 23.4 Å². The average Bonchev–Trinajstić information content (AvgIpc) is 2.37. The molecule has 1 N–H and O–H groups in total. The highest BCUT2D eigenvalue weighted by Gasteiger charge is 2.45. The molecule has 1 aliphatic heterocycles. The molecule has 1 aliphatic rings. The number of carbonyl (C=O) groups is 2. The summed E-state index contributed by atoms with van der Waals surface area (Å²) in [6.45, 7) is 6.75. The number of nitrogens with one attached hydrogen (secondary N) is 1. The van der Waals surface area contributed by atoms with Gasteiger partial charge < -0.3 is 5.32 Å². The number of amides is 2. The first kappa shape index (κ1) is 14.5. The Bertz CT molecular complexity index is 569. The fourth-order valence-electron chi connectivity index (χ4n) is 2.51. The molecule has 0 saturated carbocycles. The molecule has 20 heavy (non-hydrogen) atoms. The highest BCUT2D eigenvalue weighted by molar-refractivity contribution is 6.10. The molecule has 0 aromatic heterocycles. The second kappa shape index (κ2) is 4.89. The zero-order valence-electron chi connectivity index (χ0n) is 12.2. The molecule has 4 nitrogen and oxygen atoms in total. The molecule has 0 radical (unpaired) electrons. The maximum absolute atomic E-state index is 13.7. The van der Waals surface area contributed by atoms with Crippen molar-refractivity contribution in [2.75, 3.05) is 4.90 Å². The van der Waals surface area contributed by atoms with Crippen molar-refractivity contribution in [3.05, 3.63) is 29.6 Å². The summed E-state index contributed by atoms with van der Waals surface area (Å²) in [5.74, 6) is -0.813. The van der Waals surface area contributed by atoms with Gasteiger partial charge in [-0.1, -0.05) is 13.0 Å². The summed E-state index contributed by atoms with van der Waals surface area (Å²) in [5, 5.41) is 2.72. The lowest BCUT2D eigenvalue weighted by molar-refractivity contribution is -0.137. The largest absolute Gasteiger partial charge is 0.340 e. The lowest BCUT2D eigenvalue weighted by Gasteiger charge is -2.43. The normalized spacial score (nSPS) is 21.9. The summed E-state index contributed by atoms with van der Waals surface area (Å²) in [6, 6.07) is 3.97. The van der Waals surface area contributed by atoms with Crippen molar-refractivity contribution in [1.29, 1.82) is 0 Å². The summed E-state index contributed by atoms with van der Waals surface area (Å²) < 4.78 is 13.7. The highest BCUT2D eigenvalue weighted by Crippen LogP contribution is 2.30. The number of rotatable bonds is 2. The highest BCUT2D eigenvalue weighted by atomic mass is 19.1. The Balaban J connectivity index is 2.57. The maximum Gasteiger partial charge on any atom is 0.252 e. The molecule has 1 aromatic carbocycles. The minimum absolute atomic E-state index is 0.208. The van der Waals surface area contributed by atoms with Crippen LogP contribution in [0.25, 0.3) is 0 Å². The van der Waals surface area contributed by atoms with Crippen LogP contribution in [0.5, 0.6) is 0 Å². The van der Waals surface area contributed by atoms with Gasteiger partial charge in [0, 0.05) is 5.56 Å². The van der Waals surface area contributed by atoms with Crippen molar-refractivity contribution in [1.82, 2.24) is 5.32 Å². The Morgan fingerprint density at radius 3 is 2.60 bits per heavy atom. The summed E-state index contributed by atoms with van der Waals surface area (Å²) in [7, 11) is 0. The average molecular weight is 278 g/mol. The molecule has 1 atom stereocenters. The first-order chi connectivity index (χ1) is 9.29. The third-order valence-corrected chi connectivity index (χ3v) is 3.69. The lowest BCUT2D eigenvalue weighted by Crippen LogP contribution is -2.68. The van der Waals surface area contributed by atoms with Gasteiger partial charge in [-0.3, -0.25) is 14.5 Å². The van der Waals surface area contributed by atoms with E-state index in [1.165, 1.54) is 11.0 Å². The molecule has 5 heteroatoms. The molecule has 0 spiro atoms. The van der Waals surface area contributed by atoms with E-state index in [-0.39, 0.29) is 17.6 Å². The fraction of sp³-hybridized carbons (Fsp3) is 0.467. The van der Waals surface area contributed by atoms with Crippen molar-refractivity contribution >= 4 is 17.5 Å². The van der Waals surface area contributed by atoms with Gasteiger partial charge in [0.15, 0.2) is 0 Å². The van der Waals surface area contributed by atoms with E-state index in [0.29, 0.717) is 17.7 Å². The number of carbonyl (C=O) groups excluding carboxylic acids is 2. The Labute approximate surface area is 118 Å². The maximum atomic E-state index is 13.7. The van der Waals surface area contributed by atoms with E-state index in [9.17, 15) is 14.0 Å². The second-order valence-electron chi connectivity index (χ2n) is 5.60. The van der Waals surface area contributed by atoms with Crippen LogP contribution in [0.15, 0.2) is 18.2 Å². The zero-order chi connectivity index (χ0) is 15.1. The number of piperazine rings is 1. The first-order valence-corrected chi connectivity index (χ1v) is 6.70. The van der Waals surface area contributed by atoms with E-state index < -0.39 is 11.6 Å². The van der Waals surface area contributed by atoms with Crippen LogP contribution in [0.1, 0.15) is 32.8 Å². The summed E-state index contributed by atoms with van der Waals surface area (Å²) >= 11 is 0. The van der Waals surface area contributed by atoms with Crippen molar-refractivity contribution < 1.29 is 14.0 Å². The van der Waals surface area contributed by atoms with Crippen LogP contribution in [0, 0.1) is 12.7 Å². The van der Waals surface area contributed by atoms with Crippen LogP contribution < -0.4 is 10.2 Å². The van der Waals surface area contributed by atoms with E-state index in [4.69, 9.17) is 0 Å². The van der Waals surface area contributed by atoms with Crippen LogP contribution in [0.3, 0.4) is 0 Å². The topological polar surface area (TPSA) is 49.4 Å². The molecular weight excluding hydrogens is 259 g/mol. The predicted octanol–water partition coefficient (Wildman–Crippen LogP) is 2.15. The standard InChI is InChI=1S/C15H19FN2O2/c1-5-11-13(19)17-15(3,4)14(20)18(11)12-8-6-7-10(16)9(12)2/h6-8,11H,5H2,1-4H3,(H,17,19). The van der Waals surface area contributed by atoms with Crippen molar-refractivity contribution in [2.45, 2.75) is 45.7 Å². The summed E-state index contributed by atoms with van der Waals surface area (Å²) in [4.78, 5) is 26.2. The Morgan fingerprint density at radius 2 is 2.00 bits per heavy atom. The van der Waals surface area contributed by atoms with Gasteiger partial charge in [0.25, 0.3) is 5.91 Å². The number of hydrogen-bond acceptors (Lipinski definition) is 2. The first-order valence-electron chi connectivity index (χ1n) is 6.70. The molecule has 1 unspecified atom stereocenters. The minimum Gasteiger partial charge on any atom is -0.340 e. The molecule has 1 aromatic rings. The van der Waals surface area contributed by atoms with E-state index in [1.807, 2.05) is 6.92 Å². The van der Waals surface area contributed by atoms with E-state index in [0.717, 1.165) is 0 Å². The van der Waals surface area contributed by atoms with Gasteiger partial charge in [0.05, 0.1) is 5.69 Å². The molecule has 0 bridgehead atoms. The van der Waals surface area contributed by atoms with Gasteiger partial charge in [-0.15, -0.1) is 0 Å². The summed E-state index contributed by atoms with van der Waals surface area (Å²) in [5.41, 5.74) is -0.142. The third-order valence-electron chi connectivity index (χ3n) is 3.69. The van der Waals surface area contributed by atoms with Crippen molar-refractivity contribution in [2.24, 2.45) is 0 Å². The third kappa shape index (κ3) is 2.17. The predicted molar refractivity (Wildman–Crippen MR) is 74.9 cm³/mol. The molecule has 2 amide bonds. The molecule has 108 valence electrons. The van der Waals surface area contributed by atoms with Gasteiger partial charge in [-0.05, 0) is 39.3 Å². The smallest absolute Gasteiger partial charge is 0.252 e. The van der Waals surface area contributed by atoms with Gasteiger partial charge in [0.1, 0.15) is 17.4 Å². The second-order valence-corrected chi connectivity index (χ2v) is 5.60. The molecule has 2 rings (SSSR count). The molecule has 1 heterocycles. The molecular formula is C15H19FN2O2. The zero-order valence-corrected chi connectivity index (χ0v) is 12.2. The number of benzene rings is 1. The quantitative estimate of drug-likeness (QED) is 0.901. The monoisotopic (exact) mass is 278 g/mol. The number of anilines is 1. The van der Waals surface area contributed by atoms with Crippen molar-refractivity contribution in [3.8, 4) is 0 Å². The Morgan fingerprint density at radius 1 is 1.35 bits per heavy atom. The van der Waals surface area contributed by atoms with Gasteiger partial charge in [-0.25, -0.2) is 4.39 Å². The van der Waals surface area contributed by atoms with E-state index in [1.54, 1.807) is 32.9 Å². The molecule has 0 aliphatic carbocycles. The fourth-order valence-corrected chi connectivity index (χ4v) is 2.51. The van der Waals surface area contributed by atoms with Crippen LogP contribution >= 0.6 is 0 Å². The van der Waals surface area contributed by atoms with Crippen LogP contribution in [-0.2, 0) is 9.59 Å². The van der Waals surface area contributed by atoms with Crippen LogP contribution in [0.2, 0.25) is 0 Å². The van der Waals surface area contributed by atoms with Crippen molar-refractivity contribution in [3.63, 3.8) is 0 Å². The Kier molecular flexibility index (Phi) is 3.54. The number of hydrogen-bond donors (Lipinski definition) is 1. The van der Waals surface area contributed by atoms with Gasteiger partial charge in [-0.2, -0.15) is 0 Å². The summed E-state index contributed by atoms with van der Waals surface area (Å²) in [6.07, 6.45) is 0.476. The number of halogens is 1. The van der Waals surface area contributed by atoms with E-state index >= 15 is 0 Å².